The molecule has 0 unspecified atom stereocenters. The number of aromatic hydroxyl groups is 2. The molecule has 0 aliphatic carbocycles. The van der Waals surface area contributed by atoms with Crippen molar-refractivity contribution in [2.24, 2.45) is 9.98 Å². The molecule has 0 spiro atoms. The molecular formula is C34H28CoN8O6S2. The molecule has 51 heavy (non-hydrogen) atoms. The number of hydrogen-bond acceptors (Lipinski definition) is 12. The van der Waals surface area contributed by atoms with E-state index < -0.39 is 20.0 Å². The van der Waals surface area contributed by atoms with Gasteiger partial charge in [0.15, 0.2) is 0 Å². The van der Waals surface area contributed by atoms with E-state index in [4.69, 9.17) is 0 Å². The van der Waals surface area contributed by atoms with Crippen molar-refractivity contribution in [1.29, 1.82) is 0 Å². The van der Waals surface area contributed by atoms with Crippen molar-refractivity contribution in [3.05, 3.63) is 145 Å². The summed E-state index contributed by atoms with van der Waals surface area (Å²) in [5, 5.41) is 19.4. The van der Waals surface area contributed by atoms with E-state index in [1.165, 1.54) is 61.5 Å². The van der Waals surface area contributed by atoms with Crippen molar-refractivity contribution in [2.45, 2.75) is 9.79 Å². The number of phenols is 2. The zero-order valence-corrected chi connectivity index (χ0v) is 28.9. The average Bonchev–Trinajstić information content (AvgIpc) is 3.12. The number of hydrogen-bond donors (Lipinski definition) is 4. The summed E-state index contributed by atoms with van der Waals surface area (Å²) in [6, 6.07) is 28.8. The number of phenolic OH excluding ortho intramolecular Hbond substituents is 2. The van der Waals surface area contributed by atoms with Gasteiger partial charge < -0.3 is 10.2 Å². The van der Waals surface area contributed by atoms with E-state index in [1.54, 1.807) is 84.9 Å². The third-order valence-corrected chi connectivity index (χ3v) is 9.14. The number of para-hydroxylation sites is 2. The largest absolute Gasteiger partial charge is 0.507 e. The van der Waals surface area contributed by atoms with Crippen molar-refractivity contribution in [3.63, 3.8) is 0 Å². The molecule has 0 fully saturated rings. The van der Waals surface area contributed by atoms with E-state index in [0.717, 1.165) is 0 Å². The number of aliphatic imine (C=N–C) groups is 2. The quantitative estimate of drug-likeness (QED) is 0.129. The maximum absolute atomic E-state index is 12.3. The standard InChI is InChI=1S/2C17H14N4O3S.Co/c2*22-16-5-2-1-4-13(16)12-20-14-6-8-15(9-7-14)25(23,24)21-17-18-10-3-11-19-17;/h2*1-12,22H,(H,18,19,21);. The molecule has 0 aliphatic heterocycles. The van der Waals surface area contributed by atoms with Crippen LogP contribution in [-0.2, 0) is 36.8 Å². The van der Waals surface area contributed by atoms with Crippen LogP contribution < -0.4 is 9.44 Å². The monoisotopic (exact) mass is 767 g/mol. The van der Waals surface area contributed by atoms with Crippen molar-refractivity contribution in [1.82, 2.24) is 19.9 Å². The first-order valence-electron chi connectivity index (χ1n) is 14.5. The molecule has 0 saturated carbocycles. The van der Waals surface area contributed by atoms with Crippen LogP contribution in [0.4, 0.5) is 23.3 Å². The van der Waals surface area contributed by atoms with Gasteiger partial charge in [0.05, 0.1) is 21.2 Å². The van der Waals surface area contributed by atoms with Crippen LogP contribution in [0.5, 0.6) is 11.5 Å². The summed E-state index contributed by atoms with van der Waals surface area (Å²) in [4.78, 5) is 23.9. The number of rotatable bonds is 10. The van der Waals surface area contributed by atoms with Crippen molar-refractivity contribution < 1.29 is 43.8 Å². The molecule has 0 saturated heterocycles. The van der Waals surface area contributed by atoms with E-state index >= 15 is 0 Å². The minimum Gasteiger partial charge on any atom is -0.507 e. The van der Waals surface area contributed by atoms with Gasteiger partial charge in [-0.15, -0.1) is 0 Å². The van der Waals surface area contributed by atoms with E-state index in [0.29, 0.717) is 22.5 Å². The molecule has 4 N–H and O–H groups in total. The third-order valence-electron chi connectivity index (χ3n) is 6.46. The Kier molecular flexibility index (Phi) is 13.0. The first-order valence-corrected chi connectivity index (χ1v) is 17.5. The van der Waals surface area contributed by atoms with E-state index in [1.807, 2.05) is 0 Å². The number of anilines is 2. The Morgan fingerprint density at radius 3 is 1.16 bits per heavy atom. The van der Waals surface area contributed by atoms with Gasteiger partial charge in [0, 0.05) is 65.1 Å². The first-order chi connectivity index (χ1) is 24.1. The number of nitrogens with one attached hydrogen (secondary N) is 2. The summed E-state index contributed by atoms with van der Waals surface area (Å²) in [6.45, 7) is 0. The fraction of sp³-hybridized carbons (Fsp3) is 0. The smallest absolute Gasteiger partial charge is 0.264 e. The molecule has 2 heterocycles. The SMILES string of the molecule is O=S(=O)(Nc1ncccn1)c1ccc(N=Cc2ccccc2O)cc1.O=S(=O)(Nc1ncccn1)c1ccc(N=Cc2ccccc2O)cc1.[Co]. The summed E-state index contributed by atoms with van der Waals surface area (Å²) in [6.07, 6.45) is 8.80. The van der Waals surface area contributed by atoms with Crippen LogP contribution in [0.15, 0.2) is 154 Å². The molecule has 14 nitrogen and oxygen atoms in total. The summed E-state index contributed by atoms with van der Waals surface area (Å²) < 4.78 is 53.7. The van der Waals surface area contributed by atoms with Gasteiger partial charge in [-0.2, -0.15) is 0 Å². The predicted octanol–water partition coefficient (Wildman–Crippen LogP) is 5.46. The van der Waals surface area contributed by atoms with Gasteiger partial charge in [-0.3, -0.25) is 9.98 Å². The van der Waals surface area contributed by atoms with Crippen LogP contribution in [0, 0.1) is 0 Å². The zero-order chi connectivity index (χ0) is 35.4. The zero-order valence-electron chi connectivity index (χ0n) is 26.2. The Morgan fingerprint density at radius 2 is 0.824 bits per heavy atom. The molecule has 261 valence electrons. The molecule has 0 amide bonds. The van der Waals surface area contributed by atoms with E-state index in [-0.39, 0.29) is 50.0 Å². The molecule has 0 bridgehead atoms. The average molecular weight is 768 g/mol. The molecular weight excluding hydrogens is 739 g/mol. The van der Waals surface area contributed by atoms with E-state index in [2.05, 4.69) is 39.4 Å². The normalized spacial score (nSPS) is 11.3. The molecule has 6 rings (SSSR count). The number of aromatic nitrogens is 4. The van der Waals surface area contributed by atoms with Crippen molar-refractivity contribution >= 4 is 55.7 Å². The molecule has 0 aliphatic rings. The van der Waals surface area contributed by atoms with Crippen LogP contribution in [-0.4, -0.2) is 59.4 Å². The maximum atomic E-state index is 12.3. The predicted molar refractivity (Wildman–Crippen MR) is 189 cm³/mol. The van der Waals surface area contributed by atoms with E-state index in [9.17, 15) is 27.0 Å². The minimum atomic E-state index is -3.77. The number of sulfonamides is 2. The topological polar surface area (TPSA) is 209 Å². The summed E-state index contributed by atoms with van der Waals surface area (Å²) in [5.41, 5.74) is 2.25. The van der Waals surface area contributed by atoms with Gasteiger partial charge in [0.1, 0.15) is 11.5 Å². The fourth-order valence-electron chi connectivity index (χ4n) is 3.97. The Labute approximate surface area is 304 Å². The summed E-state index contributed by atoms with van der Waals surface area (Å²) in [5.74, 6) is 0.253. The van der Waals surface area contributed by atoms with Crippen LogP contribution in [0.3, 0.4) is 0 Å². The van der Waals surface area contributed by atoms with Gasteiger partial charge in [0.2, 0.25) is 11.9 Å². The fourth-order valence-corrected chi connectivity index (χ4v) is 5.88. The Bertz CT molecular complexity index is 2150. The van der Waals surface area contributed by atoms with Gasteiger partial charge in [0.25, 0.3) is 20.0 Å². The van der Waals surface area contributed by atoms with Gasteiger partial charge in [-0.1, -0.05) is 24.3 Å². The Balaban J connectivity index is 0.000000224. The molecule has 2 aromatic heterocycles. The molecule has 17 heteroatoms. The first kappa shape index (κ1) is 37.8. The second kappa shape index (κ2) is 17.6. The Hall–Kier alpha value is -6.01. The molecule has 0 atom stereocenters. The van der Waals surface area contributed by atoms with Crippen molar-refractivity contribution in [2.75, 3.05) is 9.44 Å². The number of nitrogens with zero attached hydrogens (tertiary/aromatic N) is 6. The van der Waals surface area contributed by atoms with Crippen LogP contribution >= 0.6 is 0 Å². The second-order valence-electron chi connectivity index (χ2n) is 9.98. The van der Waals surface area contributed by atoms with Gasteiger partial charge >= 0.3 is 0 Å². The van der Waals surface area contributed by atoms with Crippen LogP contribution in [0.25, 0.3) is 0 Å². The summed E-state index contributed by atoms with van der Waals surface area (Å²) >= 11 is 0. The molecule has 4 aromatic carbocycles. The minimum absolute atomic E-state index is 0. The molecule has 1 radical (unpaired) electrons. The van der Waals surface area contributed by atoms with Gasteiger partial charge in [-0.05, 0) is 84.9 Å². The third kappa shape index (κ3) is 11.0. The molecule has 6 aromatic rings. The van der Waals surface area contributed by atoms with Gasteiger partial charge in [-0.25, -0.2) is 46.2 Å². The van der Waals surface area contributed by atoms with Crippen molar-refractivity contribution in [3.8, 4) is 11.5 Å². The second-order valence-corrected chi connectivity index (χ2v) is 13.3. The maximum Gasteiger partial charge on any atom is 0.264 e. The summed E-state index contributed by atoms with van der Waals surface area (Å²) in [7, 11) is -7.54. The number of benzene rings is 4. The van der Waals surface area contributed by atoms with Crippen LogP contribution in [0.1, 0.15) is 11.1 Å². The Morgan fingerprint density at radius 1 is 0.490 bits per heavy atom. The van der Waals surface area contributed by atoms with Crippen LogP contribution in [0.2, 0.25) is 0 Å².